The third-order valence-electron chi connectivity index (χ3n) is 3.50. The molecule has 104 valence electrons. The van der Waals surface area contributed by atoms with Gasteiger partial charge in [-0.2, -0.15) is 0 Å². The van der Waals surface area contributed by atoms with Crippen LogP contribution in [0.1, 0.15) is 5.82 Å². The number of hydrogen-bond acceptors (Lipinski definition) is 2. The Labute approximate surface area is 139 Å². The summed E-state index contributed by atoms with van der Waals surface area (Å²) in [7, 11) is 0. The van der Waals surface area contributed by atoms with Crippen molar-refractivity contribution in [2.24, 2.45) is 0 Å². The fourth-order valence-electron chi connectivity index (χ4n) is 2.57. The summed E-state index contributed by atoms with van der Waals surface area (Å²) in [5.74, 6) is 1.24. The first kappa shape index (κ1) is 13.3. The molecule has 0 spiro atoms. The molecule has 21 heavy (non-hydrogen) atoms. The van der Waals surface area contributed by atoms with Crippen LogP contribution in [0, 0.1) is 0 Å². The maximum Gasteiger partial charge on any atom is 0.129 e. The topological polar surface area (TPSA) is 17.8 Å². The lowest BCUT2D eigenvalue weighted by Crippen LogP contribution is -1.98. The lowest BCUT2D eigenvalue weighted by Gasteiger charge is -2.08. The van der Waals surface area contributed by atoms with Crippen molar-refractivity contribution in [2.45, 2.75) is 5.88 Å². The van der Waals surface area contributed by atoms with Crippen molar-refractivity contribution in [3.63, 3.8) is 0 Å². The second-order valence-electron chi connectivity index (χ2n) is 4.77. The summed E-state index contributed by atoms with van der Waals surface area (Å²) in [5, 5.41) is 3.36. The first-order valence-corrected chi connectivity index (χ1v) is 8.67. The van der Waals surface area contributed by atoms with E-state index >= 15 is 0 Å². The zero-order valence-electron chi connectivity index (χ0n) is 10.9. The Morgan fingerprint density at radius 1 is 1.14 bits per heavy atom. The monoisotopic (exact) mass is 376 g/mol. The minimum atomic E-state index is 0.383. The van der Waals surface area contributed by atoms with Gasteiger partial charge in [-0.25, -0.2) is 4.98 Å². The number of imidazole rings is 1. The number of rotatable bonds is 2. The standard InChI is InChI=1S/C16H10BrClN2S/c17-11-1-3-14-13(8-11)19-16(9-18)20(14)12-2-4-15-10(7-12)5-6-21-15/h1-8H,9H2. The maximum absolute atomic E-state index is 6.10. The molecule has 2 nitrogen and oxygen atoms in total. The van der Waals surface area contributed by atoms with E-state index in [4.69, 9.17) is 11.6 Å². The van der Waals surface area contributed by atoms with Gasteiger partial charge in [-0.3, -0.25) is 4.57 Å². The molecule has 2 aromatic heterocycles. The average molecular weight is 378 g/mol. The minimum Gasteiger partial charge on any atom is -0.295 e. The highest BCUT2D eigenvalue weighted by molar-refractivity contribution is 9.10. The quantitative estimate of drug-likeness (QED) is 0.407. The molecule has 0 fully saturated rings. The number of nitrogens with zero attached hydrogens (tertiary/aromatic N) is 2. The number of thiophene rings is 1. The van der Waals surface area contributed by atoms with Gasteiger partial charge in [-0.15, -0.1) is 22.9 Å². The van der Waals surface area contributed by atoms with E-state index in [9.17, 15) is 0 Å². The van der Waals surface area contributed by atoms with E-state index in [1.54, 1.807) is 11.3 Å². The van der Waals surface area contributed by atoms with Gasteiger partial charge in [0.05, 0.1) is 16.9 Å². The molecular weight excluding hydrogens is 368 g/mol. The van der Waals surface area contributed by atoms with Crippen LogP contribution in [0.3, 0.4) is 0 Å². The predicted molar refractivity (Wildman–Crippen MR) is 93.7 cm³/mol. The number of benzene rings is 2. The van der Waals surface area contributed by atoms with Crippen molar-refractivity contribution in [2.75, 3.05) is 0 Å². The van der Waals surface area contributed by atoms with Gasteiger partial charge in [0.2, 0.25) is 0 Å². The summed E-state index contributed by atoms with van der Waals surface area (Å²) in [6.07, 6.45) is 0. The number of hydrogen-bond donors (Lipinski definition) is 0. The van der Waals surface area contributed by atoms with E-state index in [1.807, 2.05) is 12.1 Å². The molecule has 0 aliphatic rings. The number of aromatic nitrogens is 2. The third kappa shape index (κ3) is 2.18. The molecule has 0 aliphatic carbocycles. The molecule has 0 bridgehead atoms. The van der Waals surface area contributed by atoms with Crippen LogP contribution in [0.15, 0.2) is 52.3 Å². The molecule has 0 radical (unpaired) electrons. The van der Waals surface area contributed by atoms with Crippen LogP contribution < -0.4 is 0 Å². The smallest absolute Gasteiger partial charge is 0.129 e. The Morgan fingerprint density at radius 3 is 2.90 bits per heavy atom. The molecule has 4 aromatic rings. The van der Waals surface area contributed by atoms with Gasteiger partial charge in [-0.1, -0.05) is 15.9 Å². The van der Waals surface area contributed by atoms with E-state index in [-0.39, 0.29) is 0 Å². The summed E-state index contributed by atoms with van der Waals surface area (Å²) in [4.78, 5) is 4.64. The molecule has 0 amide bonds. The maximum atomic E-state index is 6.10. The molecule has 4 rings (SSSR count). The highest BCUT2D eigenvalue weighted by atomic mass is 79.9. The Kier molecular flexibility index (Phi) is 3.25. The highest BCUT2D eigenvalue weighted by Crippen LogP contribution is 2.28. The summed E-state index contributed by atoms with van der Waals surface area (Å²) in [6, 6.07) is 14.7. The average Bonchev–Trinajstić information content (AvgIpc) is 3.09. The van der Waals surface area contributed by atoms with Gasteiger partial charge in [-0.05, 0) is 53.2 Å². The normalized spacial score (nSPS) is 11.5. The van der Waals surface area contributed by atoms with Crippen molar-refractivity contribution >= 4 is 60.0 Å². The van der Waals surface area contributed by atoms with E-state index in [0.717, 1.165) is 27.0 Å². The first-order valence-electron chi connectivity index (χ1n) is 6.47. The largest absolute Gasteiger partial charge is 0.295 e. The molecule has 0 unspecified atom stereocenters. The predicted octanol–water partition coefficient (Wildman–Crippen LogP) is 5.74. The fraction of sp³-hybridized carbons (Fsp3) is 0.0625. The molecule has 2 heterocycles. The van der Waals surface area contributed by atoms with E-state index in [1.165, 1.54) is 10.1 Å². The van der Waals surface area contributed by atoms with Crippen molar-refractivity contribution in [1.29, 1.82) is 0 Å². The molecule has 0 atom stereocenters. The van der Waals surface area contributed by atoms with E-state index < -0.39 is 0 Å². The summed E-state index contributed by atoms with van der Waals surface area (Å²) < 4.78 is 4.44. The van der Waals surface area contributed by atoms with Crippen LogP contribution in [0.2, 0.25) is 0 Å². The van der Waals surface area contributed by atoms with Crippen LogP contribution in [-0.2, 0) is 5.88 Å². The lowest BCUT2D eigenvalue weighted by molar-refractivity contribution is 0.984. The van der Waals surface area contributed by atoms with Crippen LogP contribution >= 0.6 is 38.9 Å². The zero-order chi connectivity index (χ0) is 14.4. The van der Waals surface area contributed by atoms with Crippen LogP contribution in [0.4, 0.5) is 0 Å². The molecule has 2 aromatic carbocycles. The van der Waals surface area contributed by atoms with Crippen LogP contribution in [-0.4, -0.2) is 9.55 Å². The second-order valence-corrected chi connectivity index (χ2v) is 6.90. The molecule has 0 N–H and O–H groups in total. The molecule has 0 aliphatic heterocycles. The lowest BCUT2D eigenvalue weighted by atomic mass is 10.2. The van der Waals surface area contributed by atoms with Gasteiger partial charge >= 0.3 is 0 Å². The second kappa shape index (κ2) is 5.13. The zero-order valence-corrected chi connectivity index (χ0v) is 14.0. The molecule has 5 heteroatoms. The molecular formula is C16H10BrClN2S. The van der Waals surface area contributed by atoms with Gasteiger partial charge < -0.3 is 0 Å². The van der Waals surface area contributed by atoms with E-state index in [2.05, 4.69) is 61.2 Å². The van der Waals surface area contributed by atoms with Gasteiger partial charge in [0, 0.05) is 14.9 Å². The first-order chi connectivity index (χ1) is 10.3. The fourth-order valence-corrected chi connectivity index (χ4v) is 3.87. The Morgan fingerprint density at radius 2 is 2.05 bits per heavy atom. The van der Waals surface area contributed by atoms with Crippen LogP contribution in [0.5, 0.6) is 0 Å². The summed E-state index contributed by atoms with van der Waals surface area (Å²) >= 11 is 11.3. The minimum absolute atomic E-state index is 0.383. The van der Waals surface area contributed by atoms with Gasteiger partial charge in [0.15, 0.2) is 0 Å². The molecule has 0 saturated heterocycles. The Bertz CT molecular complexity index is 957. The van der Waals surface area contributed by atoms with Crippen molar-refractivity contribution in [3.8, 4) is 5.69 Å². The van der Waals surface area contributed by atoms with Crippen LogP contribution in [0.25, 0.3) is 26.8 Å². The highest BCUT2D eigenvalue weighted by Gasteiger charge is 2.12. The van der Waals surface area contributed by atoms with Crippen molar-refractivity contribution < 1.29 is 0 Å². The SMILES string of the molecule is ClCc1nc2cc(Br)ccc2n1-c1ccc2sccc2c1. The van der Waals surface area contributed by atoms with Gasteiger partial charge in [0.25, 0.3) is 0 Å². The van der Waals surface area contributed by atoms with Crippen molar-refractivity contribution in [3.05, 3.63) is 58.1 Å². The van der Waals surface area contributed by atoms with Crippen molar-refractivity contribution in [1.82, 2.24) is 9.55 Å². The summed E-state index contributed by atoms with van der Waals surface area (Å²) in [6.45, 7) is 0. The third-order valence-corrected chi connectivity index (χ3v) is 5.13. The Hall–Kier alpha value is -1.36. The summed E-state index contributed by atoms with van der Waals surface area (Å²) in [5.41, 5.74) is 3.12. The number of fused-ring (bicyclic) bond motifs is 2. The number of alkyl halides is 1. The molecule has 0 saturated carbocycles. The number of halogens is 2. The van der Waals surface area contributed by atoms with Gasteiger partial charge in [0.1, 0.15) is 5.82 Å². The van der Waals surface area contributed by atoms with E-state index in [0.29, 0.717) is 5.88 Å². The Balaban J connectivity index is 2.03.